The van der Waals surface area contributed by atoms with E-state index in [0.717, 1.165) is 29.9 Å². The van der Waals surface area contributed by atoms with Gasteiger partial charge in [0.1, 0.15) is 5.75 Å². The van der Waals surface area contributed by atoms with Gasteiger partial charge in [0.25, 0.3) is 0 Å². The van der Waals surface area contributed by atoms with E-state index >= 15 is 0 Å². The zero-order chi connectivity index (χ0) is 18.6. The summed E-state index contributed by atoms with van der Waals surface area (Å²) in [5, 5.41) is 9.59. The maximum Gasteiger partial charge on any atom is 0.119 e. The number of aliphatic hydroxyl groups is 1. The second-order valence-corrected chi connectivity index (χ2v) is 7.15. The number of benzene rings is 2. The van der Waals surface area contributed by atoms with Gasteiger partial charge in [-0.25, -0.2) is 0 Å². The molecule has 0 radical (unpaired) electrons. The van der Waals surface area contributed by atoms with Gasteiger partial charge < -0.3 is 9.84 Å². The van der Waals surface area contributed by atoms with E-state index in [2.05, 4.69) is 31.2 Å². The molecule has 0 aromatic heterocycles. The molecule has 2 rings (SSSR count). The number of hydrogen-bond acceptors (Lipinski definition) is 2. The fraction of sp³-hybridized carbons (Fsp3) is 0.500. The zero-order valence-corrected chi connectivity index (χ0v) is 16.4. The lowest BCUT2D eigenvalue weighted by Crippen LogP contribution is -1.97. The van der Waals surface area contributed by atoms with Crippen molar-refractivity contribution in [2.45, 2.75) is 71.3 Å². The van der Waals surface area contributed by atoms with Gasteiger partial charge >= 0.3 is 0 Å². The first kappa shape index (κ1) is 20.5. The average Bonchev–Trinajstić information content (AvgIpc) is 2.67. The van der Waals surface area contributed by atoms with E-state index in [1.165, 1.54) is 50.5 Å². The fourth-order valence-electron chi connectivity index (χ4n) is 3.12. The van der Waals surface area contributed by atoms with Crippen molar-refractivity contribution in [2.75, 3.05) is 6.61 Å². The summed E-state index contributed by atoms with van der Waals surface area (Å²) >= 11 is 0. The molecule has 2 heteroatoms. The third kappa shape index (κ3) is 7.21. The summed E-state index contributed by atoms with van der Waals surface area (Å²) in [5.74, 6) is 0.942. The first-order valence-corrected chi connectivity index (χ1v) is 10.2. The SMILES string of the molecule is CCCCCCCCCCOc1ccc(-c2ccc(C(C)O)cc2)cc1. The molecular weight excluding hydrogens is 320 g/mol. The molecule has 26 heavy (non-hydrogen) atoms. The fourth-order valence-corrected chi connectivity index (χ4v) is 3.12. The molecule has 0 spiro atoms. The maximum atomic E-state index is 9.59. The first-order chi connectivity index (χ1) is 12.7. The Labute approximate surface area is 159 Å². The van der Waals surface area contributed by atoms with E-state index in [9.17, 15) is 5.11 Å². The van der Waals surface area contributed by atoms with Gasteiger partial charge in [-0.05, 0) is 42.2 Å². The Balaban J connectivity index is 1.67. The van der Waals surface area contributed by atoms with Gasteiger partial charge in [0.15, 0.2) is 0 Å². The van der Waals surface area contributed by atoms with Gasteiger partial charge in [0, 0.05) is 0 Å². The molecule has 0 aliphatic heterocycles. The highest BCUT2D eigenvalue weighted by Crippen LogP contribution is 2.24. The lowest BCUT2D eigenvalue weighted by Gasteiger charge is -2.09. The number of ether oxygens (including phenoxy) is 1. The minimum absolute atomic E-state index is 0.420. The molecule has 0 saturated carbocycles. The van der Waals surface area contributed by atoms with Crippen LogP contribution in [0, 0.1) is 0 Å². The normalized spacial score (nSPS) is 12.1. The average molecular weight is 355 g/mol. The van der Waals surface area contributed by atoms with Crippen LogP contribution in [0.1, 0.15) is 76.9 Å². The van der Waals surface area contributed by atoms with Crippen molar-refractivity contribution in [1.82, 2.24) is 0 Å². The second kappa shape index (κ2) is 11.7. The molecule has 0 aliphatic rings. The molecule has 2 nitrogen and oxygen atoms in total. The van der Waals surface area contributed by atoms with Crippen molar-refractivity contribution >= 4 is 0 Å². The van der Waals surface area contributed by atoms with Crippen molar-refractivity contribution in [3.8, 4) is 16.9 Å². The molecule has 0 saturated heterocycles. The summed E-state index contributed by atoms with van der Waals surface area (Å²) in [6.07, 6.45) is 10.1. The van der Waals surface area contributed by atoms with Crippen molar-refractivity contribution in [3.63, 3.8) is 0 Å². The quantitative estimate of drug-likeness (QED) is 0.419. The van der Waals surface area contributed by atoms with Crippen LogP contribution >= 0.6 is 0 Å². The largest absolute Gasteiger partial charge is 0.494 e. The number of aliphatic hydroxyl groups excluding tert-OH is 1. The van der Waals surface area contributed by atoms with Crippen molar-refractivity contribution in [3.05, 3.63) is 54.1 Å². The van der Waals surface area contributed by atoms with E-state index in [1.54, 1.807) is 6.92 Å². The summed E-state index contributed by atoms with van der Waals surface area (Å²) in [5.41, 5.74) is 3.27. The molecule has 1 unspecified atom stereocenters. The number of rotatable bonds is 12. The molecular formula is C24H34O2. The van der Waals surface area contributed by atoms with Crippen molar-refractivity contribution < 1.29 is 9.84 Å². The lowest BCUT2D eigenvalue weighted by atomic mass is 10.0. The number of hydrogen-bond donors (Lipinski definition) is 1. The highest BCUT2D eigenvalue weighted by Gasteiger charge is 2.02. The molecule has 0 bridgehead atoms. The third-order valence-electron chi connectivity index (χ3n) is 4.85. The van der Waals surface area contributed by atoms with Gasteiger partial charge in [-0.15, -0.1) is 0 Å². The van der Waals surface area contributed by atoms with Crippen LogP contribution in [0.5, 0.6) is 5.75 Å². The predicted octanol–water partition coefficient (Wildman–Crippen LogP) is 6.93. The van der Waals surface area contributed by atoms with Gasteiger partial charge in [-0.1, -0.05) is 88.3 Å². The Morgan fingerprint density at radius 2 is 1.23 bits per heavy atom. The lowest BCUT2D eigenvalue weighted by molar-refractivity contribution is 0.199. The van der Waals surface area contributed by atoms with Gasteiger partial charge in [-0.2, -0.15) is 0 Å². The Morgan fingerprint density at radius 1 is 0.731 bits per heavy atom. The second-order valence-electron chi connectivity index (χ2n) is 7.15. The highest BCUT2D eigenvalue weighted by atomic mass is 16.5. The van der Waals surface area contributed by atoms with Crippen LogP contribution in [0.15, 0.2) is 48.5 Å². The predicted molar refractivity (Wildman–Crippen MR) is 111 cm³/mol. The summed E-state index contributed by atoms with van der Waals surface area (Å²) in [7, 11) is 0. The summed E-state index contributed by atoms with van der Waals surface area (Å²) in [4.78, 5) is 0. The maximum absolute atomic E-state index is 9.59. The minimum atomic E-state index is -0.420. The monoisotopic (exact) mass is 354 g/mol. The molecule has 1 N–H and O–H groups in total. The van der Waals surface area contributed by atoms with Crippen LogP contribution in [0.3, 0.4) is 0 Å². The van der Waals surface area contributed by atoms with Crippen LogP contribution in [-0.4, -0.2) is 11.7 Å². The Kier molecular flexibility index (Phi) is 9.27. The van der Waals surface area contributed by atoms with E-state index in [0.29, 0.717) is 0 Å². The van der Waals surface area contributed by atoms with Gasteiger partial charge in [-0.3, -0.25) is 0 Å². The standard InChI is InChI=1S/C24H34O2/c1-3-4-5-6-7-8-9-10-19-26-24-17-15-23(16-18-24)22-13-11-21(12-14-22)20(2)25/h11-18,20,25H,3-10,19H2,1-2H3. The van der Waals surface area contributed by atoms with Crippen LogP contribution in [0.4, 0.5) is 0 Å². The van der Waals surface area contributed by atoms with Crippen LogP contribution in [-0.2, 0) is 0 Å². The summed E-state index contributed by atoms with van der Waals surface area (Å²) < 4.78 is 5.86. The van der Waals surface area contributed by atoms with Crippen LogP contribution in [0.25, 0.3) is 11.1 Å². The van der Waals surface area contributed by atoms with E-state index in [-0.39, 0.29) is 0 Å². The molecule has 2 aromatic rings. The highest BCUT2D eigenvalue weighted by molar-refractivity contribution is 5.64. The Morgan fingerprint density at radius 3 is 1.77 bits per heavy atom. The van der Waals surface area contributed by atoms with E-state index < -0.39 is 6.10 Å². The number of unbranched alkanes of at least 4 members (excludes halogenated alkanes) is 7. The Bertz CT molecular complexity index is 599. The van der Waals surface area contributed by atoms with Crippen molar-refractivity contribution in [2.24, 2.45) is 0 Å². The molecule has 1 atom stereocenters. The summed E-state index contributed by atoms with van der Waals surface area (Å²) in [6.45, 7) is 4.85. The van der Waals surface area contributed by atoms with Gasteiger partial charge in [0.2, 0.25) is 0 Å². The van der Waals surface area contributed by atoms with E-state index in [4.69, 9.17) is 4.74 Å². The van der Waals surface area contributed by atoms with Crippen LogP contribution in [0.2, 0.25) is 0 Å². The third-order valence-corrected chi connectivity index (χ3v) is 4.85. The molecule has 0 heterocycles. The molecule has 0 fully saturated rings. The first-order valence-electron chi connectivity index (χ1n) is 10.2. The molecule has 142 valence electrons. The van der Waals surface area contributed by atoms with Crippen molar-refractivity contribution in [1.29, 1.82) is 0 Å². The molecule has 0 amide bonds. The Hall–Kier alpha value is -1.80. The minimum Gasteiger partial charge on any atom is -0.494 e. The van der Waals surface area contributed by atoms with E-state index in [1.807, 2.05) is 24.3 Å². The molecule has 2 aromatic carbocycles. The zero-order valence-electron chi connectivity index (χ0n) is 16.4. The topological polar surface area (TPSA) is 29.5 Å². The van der Waals surface area contributed by atoms with Gasteiger partial charge in [0.05, 0.1) is 12.7 Å². The van der Waals surface area contributed by atoms with Crippen LogP contribution < -0.4 is 4.74 Å². The molecule has 0 aliphatic carbocycles. The summed E-state index contributed by atoms with van der Waals surface area (Å²) in [6, 6.07) is 16.3. The smallest absolute Gasteiger partial charge is 0.119 e.